The SMILES string of the molecule is O=C(CSc1nc2c(c(C(F)(F)F)n1)CCCC2)N1c2ccccc2Sc2ccccc21. The van der Waals surface area contributed by atoms with Crippen molar-refractivity contribution in [3.8, 4) is 0 Å². The number of benzene rings is 2. The molecule has 32 heavy (non-hydrogen) atoms. The summed E-state index contributed by atoms with van der Waals surface area (Å²) in [7, 11) is 0. The third-order valence-electron chi connectivity index (χ3n) is 5.44. The first-order valence-corrected chi connectivity index (χ1v) is 12.0. The number of para-hydroxylation sites is 2. The lowest BCUT2D eigenvalue weighted by Crippen LogP contribution is -2.30. The molecule has 1 amide bonds. The average molecular weight is 474 g/mol. The number of aromatic nitrogens is 2. The molecule has 1 aliphatic carbocycles. The van der Waals surface area contributed by atoms with Crippen molar-refractivity contribution in [2.75, 3.05) is 10.7 Å². The highest BCUT2D eigenvalue weighted by atomic mass is 32.2. The Labute approximate surface area is 191 Å². The van der Waals surface area contributed by atoms with Gasteiger partial charge in [0, 0.05) is 21.0 Å². The first kappa shape index (κ1) is 21.3. The third kappa shape index (κ3) is 3.99. The highest BCUT2D eigenvalue weighted by Gasteiger charge is 2.38. The molecule has 2 heterocycles. The van der Waals surface area contributed by atoms with E-state index in [2.05, 4.69) is 9.97 Å². The number of hydrogen-bond donors (Lipinski definition) is 0. The maximum Gasteiger partial charge on any atom is 0.433 e. The van der Waals surface area contributed by atoms with Crippen LogP contribution in [-0.2, 0) is 23.8 Å². The molecular formula is C23H18F3N3OS2. The van der Waals surface area contributed by atoms with E-state index in [-0.39, 0.29) is 22.4 Å². The minimum Gasteiger partial charge on any atom is -0.278 e. The normalized spacial score (nSPS) is 15.0. The summed E-state index contributed by atoms with van der Waals surface area (Å²) < 4.78 is 40.8. The summed E-state index contributed by atoms with van der Waals surface area (Å²) >= 11 is 2.54. The zero-order valence-electron chi connectivity index (χ0n) is 16.9. The fourth-order valence-electron chi connectivity index (χ4n) is 4.03. The fourth-order valence-corrected chi connectivity index (χ4v) is 5.80. The molecule has 0 fully saturated rings. The Hall–Kier alpha value is -2.52. The Bertz CT molecular complexity index is 1150. The maximum absolute atomic E-state index is 13.6. The van der Waals surface area contributed by atoms with E-state index in [9.17, 15) is 18.0 Å². The predicted octanol–water partition coefficient (Wildman–Crippen LogP) is 6.30. The number of halogens is 3. The third-order valence-corrected chi connectivity index (χ3v) is 7.40. The van der Waals surface area contributed by atoms with Crippen LogP contribution in [0.3, 0.4) is 0 Å². The second-order valence-corrected chi connectivity index (χ2v) is 9.57. The topological polar surface area (TPSA) is 46.1 Å². The zero-order valence-corrected chi connectivity index (χ0v) is 18.5. The molecule has 0 saturated heterocycles. The van der Waals surface area contributed by atoms with Gasteiger partial charge in [-0.1, -0.05) is 47.8 Å². The molecule has 0 atom stereocenters. The van der Waals surface area contributed by atoms with Crippen LogP contribution in [-0.4, -0.2) is 21.6 Å². The quantitative estimate of drug-likeness (QED) is 0.330. The van der Waals surface area contributed by atoms with E-state index in [1.54, 1.807) is 16.7 Å². The number of anilines is 2. The van der Waals surface area contributed by atoms with E-state index in [0.717, 1.165) is 39.3 Å². The molecule has 4 nitrogen and oxygen atoms in total. The molecule has 2 aliphatic rings. The molecule has 164 valence electrons. The molecule has 0 N–H and O–H groups in total. The second-order valence-electron chi connectivity index (χ2n) is 7.54. The van der Waals surface area contributed by atoms with E-state index in [4.69, 9.17) is 0 Å². The number of carbonyl (C=O) groups is 1. The zero-order chi connectivity index (χ0) is 22.3. The Morgan fingerprint density at radius 2 is 1.59 bits per heavy atom. The van der Waals surface area contributed by atoms with Crippen LogP contribution in [0.5, 0.6) is 0 Å². The first-order valence-electron chi connectivity index (χ1n) is 10.2. The van der Waals surface area contributed by atoms with Crippen molar-refractivity contribution in [1.82, 2.24) is 9.97 Å². The van der Waals surface area contributed by atoms with E-state index >= 15 is 0 Å². The summed E-state index contributed by atoms with van der Waals surface area (Å²) in [5, 5.41) is -0.000667. The van der Waals surface area contributed by atoms with Gasteiger partial charge in [0.15, 0.2) is 10.9 Å². The van der Waals surface area contributed by atoms with Gasteiger partial charge < -0.3 is 0 Å². The smallest absolute Gasteiger partial charge is 0.278 e. The summed E-state index contributed by atoms with van der Waals surface area (Å²) in [5.74, 6) is -0.297. The van der Waals surface area contributed by atoms with Gasteiger partial charge in [0.05, 0.1) is 17.1 Å². The summed E-state index contributed by atoms with van der Waals surface area (Å²) in [6.45, 7) is 0. The molecule has 0 saturated carbocycles. The monoisotopic (exact) mass is 473 g/mol. The number of aryl methyl sites for hydroxylation is 1. The van der Waals surface area contributed by atoms with E-state index in [1.165, 1.54) is 0 Å². The van der Waals surface area contributed by atoms with Crippen molar-refractivity contribution in [2.24, 2.45) is 0 Å². The summed E-state index contributed by atoms with van der Waals surface area (Å²) in [5.41, 5.74) is 1.34. The number of carbonyl (C=O) groups excluding carboxylic acids is 1. The molecule has 0 radical (unpaired) electrons. The number of nitrogens with zero attached hydrogens (tertiary/aromatic N) is 3. The van der Waals surface area contributed by atoms with Gasteiger partial charge in [0.2, 0.25) is 5.91 Å². The number of thioether (sulfide) groups is 1. The van der Waals surface area contributed by atoms with Gasteiger partial charge in [-0.15, -0.1) is 0 Å². The largest absolute Gasteiger partial charge is 0.433 e. The van der Waals surface area contributed by atoms with Gasteiger partial charge in [-0.3, -0.25) is 9.69 Å². The average Bonchev–Trinajstić information content (AvgIpc) is 2.79. The minimum absolute atomic E-state index is 0.000667. The Balaban J connectivity index is 1.44. The van der Waals surface area contributed by atoms with Gasteiger partial charge in [0.1, 0.15) is 0 Å². The van der Waals surface area contributed by atoms with E-state index in [0.29, 0.717) is 25.0 Å². The van der Waals surface area contributed by atoms with Crippen LogP contribution < -0.4 is 4.90 Å². The highest BCUT2D eigenvalue weighted by Crippen LogP contribution is 2.48. The molecule has 3 aromatic rings. The lowest BCUT2D eigenvalue weighted by atomic mass is 9.94. The maximum atomic E-state index is 13.6. The summed E-state index contributed by atoms with van der Waals surface area (Å²) in [6.07, 6.45) is -2.18. The van der Waals surface area contributed by atoms with Gasteiger partial charge in [-0.05, 0) is 49.9 Å². The van der Waals surface area contributed by atoms with Crippen LogP contribution in [0.25, 0.3) is 0 Å². The molecule has 0 bridgehead atoms. The number of rotatable bonds is 3. The van der Waals surface area contributed by atoms with Crippen LogP contribution in [0.2, 0.25) is 0 Å². The van der Waals surface area contributed by atoms with Crippen molar-refractivity contribution < 1.29 is 18.0 Å². The highest BCUT2D eigenvalue weighted by molar-refractivity contribution is 8.00. The molecule has 9 heteroatoms. The standard InChI is InChI=1S/C23H18F3N3OS2/c24-23(25,26)21-14-7-1-2-8-15(14)27-22(28-21)31-13-20(30)29-16-9-3-5-11-18(16)32-19-12-6-4-10-17(19)29/h3-6,9-12H,1-2,7-8,13H2. The lowest BCUT2D eigenvalue weighted by Gasteiger charge is -2.31. The molecule has 0 unspecified atom stereocenters. The number of alkyl halides is 3. The first-order chi connectivity index (χ1) is 15.4. The summed E-state index contributed by atoms with van der Waals surface area (Å²) in [6, 6.07) is 15.2. The van der Waals surface area contributed by atoms with Crippen molar-refractivity contribution in [3.05, 3.63) is 65.5 Å². The number of amides is 1. The van der Waals surface area contributed by atoms with Crippen LogP contribution in [0.1, 0.15) is 29.8 Å². The van der Waals surface area contributed by atoms with Crippen molar-refractivity contribution in [1.29, 1.82) is 0 Å². The Morgan fingerprint density at radius 1 is 0.969 bits per heavy atom. The molecule has 5 rings (SSSR count). The van der Waals surface area contributed by atoms with Gasteiger partial charge in [-0.2, -0.15) is 13.2 Å². The molecular weight excluding hydrogens is 455 g/mol. The van der Waals surface area contributed by atoms with Gasteiger partial charge >= 0.3 is 6.18 Å². The fraction of sp³-hybridized carbons (Fsp3) is 0.261. The van der Waals surface area contributed by atoms with Crippen LogP contribution >= 0.6 is 23.5 Å². The second kappa shape index (κ2) is 8.44. The number of fused-ring (bicyclic) bond motifs is 3. The molecule has 1 aliphatic heterocycles. The van der Waals surface area contributed by atoms with Crippen molar-refractivity contribution in [2.45, 2.75) is 46.8 Å². The van der Waals surface area contributed by atoms with Crippen LogP contribution in [0, 0.1) is 0 Å². The van der Waals surface area contributed by atoms with Gasteiger partial charge in [0.25, 0.3) is 0 Å². The Morgan fingerprint density at radius 3 is 2.25 bits per heavy atom. The van der Waals surface area contributed by atoms with E-state index in [1.807, 2.05) is 48.5 Å². The van der Waals surface area contributed by atoms with Crippen molar-refractivity contribution in [3.63, 3.8) is 0 Å². The van der Waals surface area contributed by atoms with Crippen LogP contribution in [0.4, 0.5) is 24.5 Å². The Kier molecular flexibility index (Phi) is 5.63. The molecule has 2 aromatic carbocycles. The van der Waals surface area contributed by atoms with Crippen molar-refractivity contribution >= 4 is 40.8 Å². The summed E-state index contributed by atoms with van der Waals surface area (Å²) in [4.78, 5) is 25.0. The van der Waals surface area contributed by atoms with Crippen LogP contribution in [0.15, 0.2) is 63.5 Å². The molecule has 1 aromatic heterocycles. The van der Waals surface area contributed by atoms with E-state index < -0.39 is 11.9 Å². The lowest BCUT2D eigenvalue weighted by molar-refractivity contribution is -0.142. The predicted molar refractivity (Wildman–Crippen MR) is 119 cm³/mol. The molecule has 0 spiro atoms. The number of hydrogen-bond acceptors (Lipinski definition) is 5. The van der Waals surface area contributed by atoms with Gasteiger partial charge in [-0.25, -0.2) is 9.97 Å². The minimum atomic E-state index is -4.54.